The highest BCUT2D eigenvalue weighted by Gasteiger charge is 2.36. The number of hydrogen-bond donors (Lipinski definition) is 2. The summed E-state index contributed by atoms with van der Waals surface area (Å²) < 4.78 is 5.37. The molecule has 1 atom stereocenters. The number of amides is 1. The van der Waals surface area contributed by atoms with Gasteiger partial charge in [-0.1, -0.05) is 0 Å². The first-order valence-electron chi connectivity index (χ1n) is 5.84. The van der Waals surface area contributed by atoms with Gasteiger partial charge in [-0.05, 0) is 33.4 Å². The van der Waals surface area contributed by atoms with Crippen LogP contribution in [0, 0.1) is 0 Å². The van der Waals surface area contributed by atoms with E-state index in [0.717, 1.165) is 32.5 Å². The Hall–Kier alpha value is -0.650. The number of nitrogens with two attached hydrogens (primary N) is 1. The lowest BCUT2D eigenvalue weighted by Crippen LogP contribution is -2.56. The first kappa shape index (κ1) is 13.4. The Balaban J connectivity index is 2.53. The molecule has 0 bridgehead atoms. The third-order valence-electron chi connectivity index (χ3n) is 3.06. The maximum absolute atomic E-state index is 11.6. The van der Waals surface area contributed by atoms with Crippen LogP contribution in [0.25, 0.3) is 0 Å². The van der Waals surface area contributed by atoms with Gasteiger partial charge in [-0.15, -0.1) is 0 Å². The SMILES string of the molecule is CN(C)CCNC1(C(N)=O)CCCOCC1. The lowest BCUT2D eigenvalue weighted by atomic mass is 9.89. The molecule has 1 rings (SSSR count). The third kappa shape index (κ3) is 3.73. The van der Waals surface area contributed by atoms with Crippen LogP contribution in [0.15, 0.2) is 0 Å². The van der Waals surface area contributed by atoms with Crippen LogP contribution in [0.5, 0.6) is 0 Å². The normalized spacial score (nSPS) is 26.7. The molecule has 1 unspecified atom stereocenters. The largest absolute Gasteiger partial charge is 0.381 e. The number of carbonyl (C=O) groups is 1. The van der Waals surface area contributed by atoms with Crippen LogP contribution in [-0.2, 0) is 9.53 Å². The van der Waals surface area contributed by atoms with Crippen LogP contribution in [-0.4, -0.2) is 56.7 Å². The average Bonchev–Trinajstić information content (AvgIpc) is 2.43. The highest BCUT2D eigenvalue weighted by atomic mass is 16.5. The summed E-state index contributed by atoms with van der Waals surface area (Å²) in [7, 11) is 4.02. The molecule has 1 amide bonds. The second-order valence-corrected chi connectivity index (χ2v) is 4.64. The van der Waals surface area contributed by atoms with Gasteiger partial charge in [0.15, 0.2) is 0 Å². The zero-order valence-corrected chi connectivity index (χ0v) is 10.3. The summed E-state index contributed by atoms with van der Waals surface area (Å²) in [6, 6.07) is 0. The number of carbonyl (C=O) groups excluding carboxylic acids is 1. The van der Waals surface area contributed by atoms with Gasteiger partial charge in [0.25, 0.3) is 0 Å². The van der Waals surface area contributed by atoms with Gasteiger partial charge in [-0.3, -0.25) is 4.79 Å². The smallest absolute Gasteiger partial charge is 0.237 e. The fraction of sp³-hybridized carbons (Fsp3) is 0.909. The number of likely N-dealkylation sites (N-methyl/N-ethyl adjacent to an activating group) is 1. The summed E-state index contributed by atoms with van der Waals surface area (Å²) in [4.78, 5) is 13.7. The first-order chi connectivity index (χ1) is 7.57. The van der Waals surface area contributed by atoms with Gasteiger partial charge in [0.05, 0.1) is 5.54 Å². The molecule has 1 fully saturated rings. The molecule has 5 heteroatoms. The molecular formula is C11H23N3O2. The molecule has 0 aromatic heterocycles. The van der Waals surface area contributed by atoms with Gasteiger partial charge in [0, 0.05) is 26.3 Å². The topological polar surface area (TPSA) is 67.6 Å². The van der Waals surface area contributed by atoms with E-state index in [4.69, 9.17) is 10.5 Å². The molecule has 94 valence electrons. The Morgan fingerprint density at radius 1 is 1.44 bits per heavy atom. The maximum Gasteiger partial charge on any atom is 0.237 e. The molecular weight excluding hydrogens is 206 g/mol. The highest BCUT2D eigenvalue weighted by Crippen LogP contribution is 2.20. The molecule has 5 nitrogen and oxygen atoms in total. The van der Waals surface area contributed by atoms with Crippen molar-refractivity contribution < 1.29 is 9.53 Å². The molecule has 1 aliphatic heterocycles. The quantitative estimate of drug-likeness (QED) is 0.671. The van der Waals surface area contributed by atoms with Gasteiger partial charge in [0.2, 0.25) is 5.91 Å². The molecule has 0 saturated carbocycles. The minimum absolute atomic E-state index is 0.253. The number of hydrogen-bond acceptors (Lipinski definition) is 4. The summed E-state index contributed by atoms with van der Waals surface area (Å²) in [6.45, 7) is 3.01. The Morgan fingerprint density at radius 2 is 2.19 bits per heavy atom. The number of primary amides is 1. The van der Waals surface area contributed by atoms with Crippen molar-refractivity contribution in [3.8, 4) is 0 Å². The summed E-state index contributed by atoms with van der Waals surface area (Å²) in [6.07, 6.45) is 2.34. The molecule has 0 aliphatic carbocycles. The predicted molar refractivity (Wildman–Crippen MR) is 63.2 cm³/mol. The van der Waals surface area contributed by atoms with Crippen molar-refractivity contribution >= 4 is 5.91 Å². The van der Waals surface area contributed by atoms with Crippen molar-refractivity contribution in [2.45, 2.75) is 24.8 Å². The molecule has 0 aromatic carbocycles. The fourth-order valence-corrected chi connectivity index (χ4v) is 1.98. The zero-order chi connectivity index (χ0) is 12.0. The monoisotopic (exact) mass is 229 g/mol. The molecule has 1 heterocycles. The second-order valence-electron chi connectivity index (χ2n) is 4.64. The van der Waals surface area contributed by atoms with Crippen molar-refractivity contribution in [3.63, 3.8) is 0 Å². The lowest BCUT2D eigenvalue weighted by Gasteiger charge is -2.30. The van der Waals surface area contributed by atoms with Gasteiger partial charge in [-0.2, -0.15) is 0 Å². The van der Waals surface area contributed by atoms with Crippen molar-refractivity contribution in [3.05, 3.63) is 0 Å². The van der Waals surface area contributed by atoms with E-state index in [-0.39, 0.29) is 5.91 Å². The second kappa shape index (κ2) is 6.18. The predicted octanol–water partition coefficient (Wildman–Crippen LogP) is -0.438. The fourth-order valence-electron chi connectivity index (χ4n) is 1.98. The van der Waals surface area contributed by atoms with E-state index in [1.807, 2.05) is 14.1 Å². The minimum Gasteiger partial charge on any atom is -0.381 e. The zero-order valence-electron chi connectivity index (χ0n) is 10.3. The molecule has 0 aromatic rings. The maximum atomic E-state index is 11.6. The van der Waals surface area contributed by atoms with Gasteiger partial charge >= 0.3 is 0 Å². The van der Waals surface area contributed by atoms with Gasteiger partial charge in [0.1, 0.15) is 0 Å². The first-order valence-corrected chi connectivity index (χ1v) is 5.84. The molecule has 3 N–H and O–H groups in total. The van der Waals surface area contributed by atoms with E-state index in [2.05, 4.69) is 10.2 Å². The average molecular weight is 229 g/mol. The Bertz CT molecular complexity index is 223. The minimum atomic E-state index is -0.563. The summed E-state index contributed by atoms with van der Waals surface area (Å²) >= 11 is 0. The van der Waals surface area contributed by atoms with Crippen LogP contribution >= 0.6 is 0 Å². The summed E-state index contributed by atoms with van der Waals surface area (Å²) in [5.41, 5.74) is 4.95. The Kier molecular flexibility index (Phi) is 5.18. The van der Waals surface area contributed by atoms with Crippen molar-refractivity contribution in [1.82, 2.24) is 10.2 Å². The number of nitrogens with zero attached hydrogens (tertiary/aromatic N) is 1. The molecule has 16 heavy (non-hydrogen) atoms. The molecule has 1 aliphatic rings. The van der Waals surface area contributed by atoms with E-state index >= 15 is 0 Å². The Morgan fingerprint density at radius 3 is 2.81 bits per heavy atom. The van der Waals surface area contributed by atoms with Crippen molar-refractivity contribution in [1.29, 1.82) is 0 Å². The molecule has 0 radical (unpaired) electrons. The van der Waals surface area contributed by atoms with Crippen LogP contribution in [0.3, 0.4) is 0 Å². The molecule has 0 spiro atoms. The summed E-state index contributed by atoms with van der Waals surface area (Å²) in [5, 5.41) is 3.31. The lowest BCUT2D eigenvalue weighted by molar-refractivity contribution is -0.125. The third-order valence-corrected chi connectivity index (χ3v) is 3.06. The van der Waals surface area contributed by atoms with E-state index in [1.54, 1.807) is 0 Å². The summed E-state index contributed by atoms with van der Waals surface area (Å²) in [5.74, 6) is -0.253. The van der Waals surface area contributed by atoms with Crippen molar-refractivity contribution in [2.24, 2.45) is 5.73 Å². The van der Waals surface area contributed by atoms with Crippen LogP contribution in [0.1, 0.15) is 19.3 Å². The van der Waals surface area contributed by atoms with Crippen LogP contribution < -0.4 is 11.1 Å². The highest BCUT2D eigenvalue weighted by molar-refractivity contribution is 5.84. The van der Waals surface area contributed by atoms with E-state index in [1.165, 1.54) is 0 Å². The molecule has 1 saturated heterocycles. The Labute approximate surface area is 97.3 Å². The van der Waals surface area contributed by atoms with Gasteiger partial charge < -0.3 is 20.7 Å². The van der Waals surface area contributed by atoms with Crippen LogP contribution in [0.2, 0.25) is 0 Å². The van der Waals surface area contributed by atoms with E-state index in [9.17, 15) is 4.79 Å². The van der Waals surface area contributed by atoms with E-state index < -0.39 is 5.54 Å². The number of nitrogens with one attached hydrogen (secondary N) is 1. The number of rotatable bonds is 5. The standard InChI is InChI=1S/C11H23N3O2/c1-14(2)7-6-13-11(10(12)15)4-3-8-16-9-5-11/h13H,3-9H2,1-2H3,(H2,12,15). The van der Waals surface area contributed by atoms with Crippen LogP contribution in [0.4, 0.5) is 0 Å². The van der Waals surface area contributed by atoms with Crippen molar-refractivity contribution in [2.75, 3.05) is 40.4 Å². The van der Waals surface area contributed by atoms with E-state index in [0.29, 0.717) is 13.0 Å². The van der Waals surface area contributed by atoms with Gasteiger partial charge in [-0.25, -0.2) is 0 Å². The number of ether oxygens (including phenoxy) is 1.